The third-order valence-corrected chi connectivity index (χ3v) is 2.30. The van der Waals surface area contributed by atoms with Crippen LogP contribution in [0.15, 0.2) is 12.2 Å². The number of carbonyl (C=O) groups is 1. The number of hydrogen-bond acceptors (Lipinski definition) is 1. The van der Waals surface area contributed by atoms with Crippen molar-refractivity contribution >= 4 is 5.91 Å². The van der Waals surface area contributed by atoms with Crippen LogP contribution in [0.2, 0.25) is 0 Å². The molecule has 1 fully saturated rings. The van der Waals surface area contributed by atoms with Crippen LogP contribution in [-0.4, -0.2) is 11.9 Å². The van der Waals surface area contributed by atoms with Crippen LogP contribution in [0.3, 0.4) is 0 Å². The van der Waals surface area contributed by atoms with Gasteiger partial charge in [0.2, 0.25) is 5.91 Å². The Hall–Kier alpha value is -0.790. The van der Waals surface area contributed by atoms with E-state index in [9.17, 15) is 4.79 Å². The molecule has 2 nitrogen and oxygen atoms in total. The Balaban J connectivity index is 1.75. The largest absolute Gasteiger partial charge is 0.353 e. The first-order chi connectivity index (χ1) is 5.36. The molecule has 1 N–H and O–H groups in total. The van der Waals surface area contributed by atoms with E-state index in [-0.39, 0.29) is 5.91 Å². The van der Waals surface area contributed by atoms with Crippen molar-refractivity contribution in [2.45, 2.75) is 31.7 Å². The lowest BCUT2D eigenvalue weighted by atomic mass is 10.2. The molecule has 0 unspecified atom stereocenters. The van der Waals surface area contributed by atoms with Gasteiger partial charge in [0.15, 0.2) is 0 Å². The summed E-state index contributed by atoms with van der Waals surface area (Å²) in [6.07, 6.45) is 8.53. The molecule has 1 saturated carbocycles. The van der Waals surface area contributed by atoms with Gasteiger partial charge in [-0.2, -0.15) is 0 Å². The van der Waals surface area contributed by atoms with E-state index in [1.165, 1.54) is 0 Å². The molecule has 0 aromatic rings. The van der Waals surface area contributed by atoms with Crippen LogP contribution in [0, 0.1) is 5.92 Å². The van der Waals surface area contributed by atoms with E-state index >= 15 is 0 Å². The fourth-order valence-corrected chi connectivity index (χ4v) is 1.40. The highest BCUT2D eigenvalue weighted by Gasteiger charge is 2.30. The van der Waals surface area contributed by atoms with Gasteiger partial charge in [-0.3, -0.25) is 4.79 Å². The highest BCUT2D eigenvalue weighted by Crippen LogP contribution is 2.29. The van der Waals surface area contributed by atoms with Crippen LogP contribution in [0.1, 0.15) is 25.7 Å². The molecule has 2 aliphatic rings. The number of amides is 1. The first kappa shape index (κ1) is 6.89. The Bertz CT molecular complexity index is 186. The monoisotopic (exact) mass is 151 g/mol. The summed E-state index contributed by atoms with van der Waals surface area (Å²) in [6.45, 7) is 0. The quantitative estimate of drug-likeness (QED) is 0.591. The third kappa shape index (κ3) is 1.62. The zero-order chi connectivity index (χ0) is 7.68. The molecule has 2 rings (SSSR count). The molecule has 0 atom stereocenters. The molecule has 11 heavy (non-hydrogen) atoms. The standard InChI is InChI=1S/C9H13NO/c11-9(7-5-6-7)10-8-3-1-2-4-8/h1-2,7-8H,3-6H2,(H,10,11). The predicted molar refractivity (Wildman–Crippen MR) is 43.0 cm³/mol. The van der Waals surface area contributed by atoms with Crippen LogP contribution < -0.4 is 5.32 Å². The van der Waals surface area contributed by atoms with Gasteiger partial charge in [-0.15, -0.1) is 0 Å². The van der Waals surface area contributed by atoms with Crippen molar-refractivity contribution in [1.29, 1.82) is 0 Å². The highest BCUT2D eigenvalue weighted by molar-refractivity contribution is 5.81. The van der Waals surface area contributed by atoms with Crippen LogP contribution in [0.25, 0.3) is 0 Å². The highest BCUT2D eigenvalue weighted by atomic mass is 16.2. The third-order valence-electron chi connectivity index (χ3n) is 2.30. The second-order valence-corrected chi connectivity index (χ2v) is 3.42. The minimum absolute atomic E-state index is 0.277. The second-order valence-electron chi connectivity index (χ2n) is 3.42. The summed E-state index contributed by atoms with van der Waals surface area (Å²) in [7, 11) is 0. The Morgan fingerprint density at radius 2 is 1.91 bits per heavy atom. The van der Waals surface area contributed by atoms with Crippen molar-refractivity contribution in [1.82, 2.24) is 5.32 Å². The fraction of sp³-hybridized carbons (Fsp3) is 0.667. The van der Waals surface area contributed by atoms with E-state index < -0.39 is 0 Å². The van der Waals surface area contributed by atoms with Gasteiger partial charge in [-0.1, -0.05) is 12.2 Å². The van der Waals surface area contributed by atoms with Gasteiger partial charge in [0.05, 0.1) is 0 Å². The average Bonchev–Trinajstić information content (AvgIpc) is 2.73. The van der Waals surface area contributed by atoms with Crippen molar-refractivity contribution in [3.8, 4) is 0 Å². The maximum absolute atomic E-state index is 11.2. The van der Waals surface area contributed by atoms with E-state index in [1.54, 1.807) is 0 Å². The lowest BCUT2D eigenvalue weighted by molar-refractivity contribution is -0.122. The summed E-state index contributed by atoms with van der Waals surface area (Å²) in [5, 5.41) is 3.04. The molecule has 60 valence electrons. The Morgan fingerprint density at radius 1 is 1.27 bits per heavy atom. The first-order valence-corrected chi connectivity index (χ1v) is 4.31. The Labute approximate surface area is 66.7 Å². The topological polar surface area (TPSA) is 29.1 Å². The van der Waals surface area contributed by atoms with E-state index in [0.29, 0.717) is 12.0 Å². The molecule has 0 heterocycles. The summed E-state index contributed by atoms with van der Waals surface area (Å²) < 4.78 is 0. The summed E-state index contributed by atoms with van der Waals surface area (Å²) in [6, 6.07) is 0.406. The van der Waals surface area contributed by atoms with Crippen molar-refractivity contribution in [2.75, 3.05) is 0 Å². The second kappa shape index (κ2) is 2.68. The molecular formula is C9H13NO. The minimum Gasteiger partial charge on any atom is -0.353 e. The van der Waals surface area contributed by atoms with Gasteiger partial charge >= 0.3 is 0 Å². The summed E-state index contributed by atoms with van der Waals surface area (Å²) in [4.78, 5) is 11.2. The number of rotatable bonds is 2. The molecule has 0 aliphatic heterocycles. The summed E-state index contributed by atoms with van der Waals surface area (Å²) in [5.74, 6) is 0.634. The van der Waals surface area contributed by atoms with Crippen LogP contribution in [-0.2, 0) is 4.79 Å². The zero-order valence-corrected chi connectivity index (χ0v) is 6.55. The first-order valence-electron chi connectivity index (χ1n) is 4.31. The van der Waals surface area contributed by atoms with Gasteiger partial charge in [0, 0.05) is 12.0 Å². The molecule has 2 heteroatoms. The maximum atomic E-state index is 11.2. The smallest absolute Gasteiger partial charge is 0.223 e. The van der Waals surface area contributed by atoms with Gasteiger partial charge in [0.25, 0.3) is 0 Å². The summed E-state index contributed by atoms with van der Waals surface area (Å²) in [5.41, 5.74) is 0. The fourth-order valence-electron chi connectivity index (χ4n) is 1.40. The molecule has 1 amide bonds. The van der Waals surface area contributed by atoms with Crippen molar-refractivity contribution < 1.29 is 4.79 Å². The molecule has 0 aromatic carbocycles. The van der Waals surface area contributed by atoms with Crippen molar-refractivity contribution in [3.05, 3.63) is 12.2 Å². The van der Waals surface area contributed by atoms with Gasteiger partial charge in [0.1, 0.15) is 0 Å². The molecule has 2 aliphatic carbocycles. The summed E-state index contributed by atoms with van der Waals surface area (Å²) >= 11 is 0. The number of nitrogens with one attached hydrogen (secondary N) is 1. The van der Waals surface area contributed by atoms with Gasteiger partial charge in [-0.05, 0) is 25.7 Å². The van der Waals surface area contributed by atoms with Gasteiger partial charge < -0.3 is 5.32 Å². The minimum atomic E-state index is 0.277. The zero-order valence-electron chi connectivity index (χ0n) is 6.55. The Morgan fingerprint density at radius 3 is 2.45 bits per heavy atom. The van der Waals surface area contributed by atoms with Crippen LogP contribution >= 0.6 is 0 Å². The van der Waals surface area contributed by atoms with Crippen molar-refractivity contribution in [2.24, 2.45) is 5.92 Å². The van der Waals surface area contributed by atoms with Gasteiger partial charge in [-0.25, -0.2) is 0 Å². The van der Waals surface area contributed by atoms with E-state index in [4.69, 9.17) is 0 Å². The predicted octanol–water partition coefficient (Wildman–Crippen LogP) is 1.23. The average molecular weight is 151 g/mol. The molecule has 0 bridgehead atoms. The molecular weight excluding hydrogens is 138 g/mol. The van der Waals surface area contributed by atoms with E-state index in [2.05, 4.69) is 17.5 Å². The lowest BCUT2D eigenvalue weighted by Crippen LogP contribution is -2.33. The van der Waals surface area contributed by atoms with Crippen LogP contribution in [0.4, 0.5) is 0 Å². The molecule has 0 saturated heterocycles. The molecule has 0 aromatic heterocycles. The lowest BCUT2D eigenvalue weighted by Gasteiger charge is -2.10. The van der Waals surface area contributed by atoms with E-state index in [0.717, 1.165) is 25.7 Å². The normalized spacial score (nSPS) is 24.0. The number of carbonyl (C=O) groups excluding carboxylic acids is 1. The maximum Gasteiger partial charge on any atom is 0.223 e. The van der Waals surface area contributed by atoms with Crippen LogP contribution in [0.5, 0.6) is 0 Å². The number of hydrogen-bond donors (Lipinski definition) is 1. The Kier molecular flexibility index (Phi) is 1.68. The SMILES string of the molecule is O=C(NC1CC=CC1)C1CC1. The molecule has 0 radical (unpaired) electrons. The molecule has 0 spiro atoms. The van der Waals surface area contributed by atoms with Crippen molar-refractivity contribution in [3.63, 3.8) is 0 Å². The van der Waals surface area contributed by atoms with E-state index in [1.807, 2.05) is 0 Å².